The number of benzene rings is 1. The molecule has 0 saturated carbocycles. The number of pyridine rings is 1. The zero-order chi connectivity index (χ0) is 17.3. The van der Waals surface area contributed by atoms with Gasteiger partial charge in [-0.05, 0) is 35.7 Å². The van der Waals surface area contributed by atoms with Crippen LogP contribution in [0.3, 0.4) is 0 Å². The van der Waals surface area contributed by atoms with Gasteiger partial charge in [0.1, 0.15) is 11.4 Å². The first-order chi connectivity index (χ1) is 11.4. The summed E-state index contributed by atoms with van der Waals surface area (Å²) in [5, 5.41) is 11.1. The maximum atomic E-state index is 12.4. The van der Waals surface area contributed by atoms with Gasteiger partial charge < -0.3 is 9.67 Å². The Hall–Kier alpha value is -2.33. The van der Waals surface area contributed by atoms with Gasteiger partial charge in [-0.2, -0.15) is 0 Å². The van der Waals surface area contributed by atoms with Gasteiger partial charge in [-0.25, -0.2) is 4.98 Å². The molecule has 2 aromatic heterocycles. The summed E-state index contributed by atoms with van der Waals surface area (Å²) in [6.45, 7) is 4.31. The molecule has 0 amide bonds. The van der Waals surface area contributed by atoms with Crippen LogP contribution >= 0.6 is 11.6 Å². The number of fused-ring (bicyclic) bond motifs is 1. The third-order valence-electron chi connectivity index (χ3n) is 3.81. The predicted molar refractivity (Wildman–Crippen MR) is 96.3 cm³/mol. The zero-order valence-corrected chi connectivity index (χ0v) is 14.4. The van der Waals surface area contributed by atoms with Gasteiger partial charge in [-0.1, -0.05) is 37.6 Å². The monoisotopic (exact) mass is 342 g/mol. The third-order valence-corrected chi connectivity index (χ3v) is 4.05. The minimum absolute atomic E-state index is 0.103. The lowest BCUT2D eigenvalue weighted by Crippen LogP contribution is -2.13. The average molecular weight is 343 g/mol. The van der Waals surface area contributed by atoms with Crippen LogP contribution in [-0.2, 0) is 11.3 Å². The molecule has 0 unspecified atom stereocenters. The van der Waals surface area contributed by atoms with Gasteiger partial charge in [0.05, 0.1) is 18.4 Å². The van der Waals surface area contributed by atoms with Gasteiger partial charge in [0.25, 0.3) is 0 Å². The number of ketones is 1. The van der Waals surface area contributed by atoms with Gasteiger partial charge in [-0.3, -0.25) is 4.79 Å². The molecule has 0 saturated heterocycles. The van der Waals surface area contributed by atoms with Crippen molar-refractivity contribution in [2.45, 2.75) is 26.8 Å². The highest BCUT2D eigenvalue weighted by Gasteiger charge is 2.16. The molecule has 4 nitrogen and oxygen atoms in total. The molecular formula is C19H19ClN2O2. The fourth-order valence-corrected chi connectivity index (χ4v) is 3.07. The van der Waals surface area contributed by atoms with Crippen molar-refractivity contribution in [3.05, 3.63) is 47.6 Å². The van der Waals surface area contributed by atoms with Gasteiger partial charge >= 0.3 is 0 Å². The molecule has 3 rings (SSSR count). The highest BCUT2D eigenvalue weighted by molar-refractivity contribution is 6.30. The van der Waals surface area contributed by atoms with Crippen LogP contribution in [0.15, 0.2) is 42.6 Å². The maximum Gasteiger partial charge on any atom is 0.152 e. The molecule has 124 valence electrons. The number of carbonyl (C=O) groups is 1. The molecule has 3 aromatic rings. The number of Topliss-reactive ketones (excluding diaryl/α,β-unsaturated/α-hetero) is 1. The number of hydrogen-bond acceptors (Lipinski definition) is 3. The van der Waals surface area contributed by atoms with Crippen LogP contribution in [0, 0.1) is 5.92 Å². The van der Waals surface area contributed by atoms with E-state index in [1.165, 1.54) is 6.20 Å². The maximum absolute atomic E-state index is 12.4. The van der Waals surface area contributed by atoms with Crippen molar-refractivity contribution in [2.24, 2.45) is 5.92 Å². The van der Waals surface area contributed by atoms with Crippen molar-refractivity contribution in [1.29, 1.82) is 0 Å². The van der Waals surface area contributed by atoms with E-state index >= 15 is 0 Å². The molecule has 0 aliphatic rings. The SMILES string of the molecule is CC(C)CC(=O)Cn1c(-c2cccc(Cl)c2)cc2cc(O)cnc21. The molecule has 2 heterocycles. The van der Waals surface area contributed by atoms with Crippen LogP contribution in [0.5, 0.6) is 5.75 Å². The second-order valence-corrected chi connectivity index (χ2v) is 6.81. The van der Waals surface area contributed by atoms with E-state index in [9.17, 15) is 9.90 Å². The van der Waals surface area contributed by atoms with Crippen LogP contribution in [-0.4, -0.2) is 20.4 Å². The van der Waals surface area contributed by atoms with Gasteiger partial charge in [-0.15, -0.1) is 0 Å². The zero-order valence-electron chi connectivity index (χ0n) is 13.7. The Bertz CT molecular complexity index is 900. The lowest BCUT2D eigenvalue weighted by molar-refractivity contribution is -0.120. The molecule has 5 heteroatoms. The first-order valence-electron chi connectivity index (χ1n) is 7.90. The molecule has 1 N–H and O–H groups in total. The van der Waals surface area contributed by atoms with Crippen molar-refractivity contribution in [3.63, 3.8) is 0 Å². The second-order valence-electron chi connectivity index (χ2n) is 6.37. The van der Waals surface area contributed by atoms with E-state index in [0.29, 0.717) is 23.0 Å². The first kappa shape index (κ1) is 16.5. The summed E-state index contributed by atoms with van der Waals surface area (Å²) in [6, 6.07) is 11.1. The number of aromatic hydroxyl groups is 1. The second kappa shape index (κ2) is 6.65. The highest BCUT2D eigenvalue weighted by atomic mass is 35.5. The largest absolute Gasteiger partial charge is 0.506 e. The highest BCUT2D eigenvalue weighted by Crippen LogP contribution is 2.30. The van der Waals surface area contributed by atoms with Gasteiger partial charge in [0.15, 0.2) is 5.78 Å². The molecule has 0 spiro atoms. The predicted octanol–water partition coefficient (Wildman–Crippen LogP) is 4.68. The molecule has 0 aliphatic heterocycles. The van der Waals surface area contributed by atoms with Crippen LogP contribution in [0.25, 0.3) is 22.3 Å². The number of carbonyl (C=O) groups excluding carboxylic acids is 1. The number of nitrogens with zero attached hydrogens (tertiary/aromatic N) is 2. The van der Waals surface area contributed by atoms with Crippen molar-refractivity contribution < 1.29 is 9.90 Å². The Balaban J connectivity index is 2.13. The summed E-state index contributed by atoms with van der Waals surface area (Å²) in [4.78, 5) is 16.7. The molecule has 0 fully saturated rings. The Kier molecular flexibility index (Phi) is 4.58. The summed E-state index contributed by atoms with van der Waals surface area (Å²) in [6.07, 6.45) is 1.92. The molecule has 1 aromatic carbocycles. The number of rotatable bonds is 5. The van der Waals surface area contributed by atoms with Crippen molar-refractivity contribution >= 4 is 28.4 Å². The Morgan fingerprint density at radius 1 is 1.29 bits per heavy atom. The van der Waals surface area contributed by atoms with E-state index in [4.69, 9.17) is 11.6 Å². The summed E-state index contributed by atoms with van der Waals surface area (Å²) in [5.41, 5.74) is 2.46. The first-order valence-corrected chi connectivity index (χ1v) is 8.27. The molecule has 0 atom stereocenters. The van der Waals surface area contributed by atoms with Gasteiger partial charge in [0.2, 0.25) is 0 Å². The van der Waals surface area contributed by atoms with E-state index in [1.54, 1.807) is 6.07 Å². The molecule has 0 bridgehead atoms. The molecule has 24 heavy (non-hydrogen) atoms. The number of hydrogen-bond donors (Lipinski definition) is 1. The summed E-state index contributed by atoms with van der Waals surface area (Å²) >= 11 is 6.11. The van der Waals surface area contributed by atoms with Crippen molar-refractivity contribution in [2.75, 3.05) is 0 Å². The standard InChI is InChI=1S/C19H19ClN2O2/c1-12(2)6-17(24)11-22-18(13-4-3-5-15(20)7-13)9-14-8-16(23)10-21-19(14)22/h3-5,7-10,12,23H,6,11H2,1-2H3. The lowest BCUT2D eigenvalue weighted by Gasteiger charge is -2.11. The minimum Gasteiger partial charge on any atom is -0.506 e. The van der Waals surface area contributed by atoms with Crippen LogP contribution < -0.4 is 0 Å². The van der Waals surface area contributed by atoms with E-state index in [0.717, 1.165) is 16.6 Å². The summed E-state index contributed by atoms with van der Waals surface area (Å²) in [5.74, 6) is 0.567. The van der Waals surface area contributed by atoms with Crippen LogP contribution in [0.4, 0.5) is 0 Å². The van der Waals surface area contributed by atoms with E-state index in [1.807, 2.05) is 48.7 Å². The fourth-order valence-electron chi connectivity index (χ4n) is 2.88. The topological polar surface area (TPSA) is 55.1 Å². The summed E-state index contributed by atoms with van der Waals surface area (Å²) < 4.78 is 1.89. The Labute approximate surface area is 145 Å². The molecular weight excluding hydrogens is 324 g/mol. The van der Waals surface area contributed by atoms with E-state index in [-0.39, 0.29) is 18.1 Å². The minimum atomic E-state index is 0.103. The third kappa shape index (κ3) is 3.44. The number of aromatic nitrogens is 2. The Morgan fingerprint density at radius 2 is 2.08 bits per heavy atom. The fraction of sp³-hybridized carbons (Fsp3) is 0.263. The Morgan fingerprint density at radius 3 is 2.79 bits per heavy atom. The average Bonchev–Trinajstić information content (AvgIpc) is 2.84. The van der Waals surface area contributed by atoms with Crippen molar-refractivity contribution in [1.82, 2.24) is 9.55 Å². The smallest absolute Gasteiger partial charge is 0.152 e. The lowest BCUT2D eigenvalue weighted by atomic mass is 10.1. The van der Waals surface area contributed by atoms with Crippen LogP contribution in [0.1, 0.15) is 20.3 Å². The van der Waals surface area contributed by atoms with Crippen LogP contribution in [0.2, 0.25) is 5.02 Å². The van der Waals surface area contributed by atoms with Gasteiger partial charge in [0, 0.05) is 16.8 Å². The number of halogens is 1. The molecule has 0 aliphatic carbocycles. The molecule has 0 radical (unpaired) electrons. The normalized spacial score (nSPS) is 11.3. The van der Waals surface area contributed by atoms with E-state index < -0.39 is 0 Å². The quantitative estimate of drug-likeness (QED) is 0.732. The summed E-state index contributed by atoms with van der Waals surface area (Å²) in [7, 11) is 0. The van der Waals surface area contributed by atoms with E-state index in [2.05, 4.69) is 4.98 Å². The van der Waals surface area contributed by atoms with Crippen molar-refractivity contribution in [3.8, 4) is 17.0 Å².